The molecule has 0 aromatic heterocycles. The van der Waals surface area contributed by atoms with E-state index in [1.807, 2.05) is 0 Å². The first-order valence-corrected chi connectivity index (χ1v) is 41.1. The lowest BCUT2D eigenvalue weighted by molar-refractivity contribution is -0.161. The van der Waals surface area contributed by atoms with Crippen LogP contribution in [-0.2, 0) is 65.4 Å². The molecular weight excluding hydrogens is 1280 g/mol. The van der Waals surface area contributed by atoms with Crippen LogP contribution in [0.4, 0.5) is 0 Å². The van der Waals surface area contributed by atoms with Gasteiger partial charge < -0.3 is 33.8 Å². The minimum absolute atomic E-state index is 0.0717. The molecule has 0 aliphatic rings. The number of hydrogen-bond acceptors (Lipinski definition) is 15. The molecule has 0 rings (SSSR count). The van der Waals surface area contributed by atoms with Gasteiger partial charge in [0, 0.05) is 25.7 Å². The molecule has 0 heterocycles. The molecule has 0 bridgehead atoms. The second-order valence-corrected chi connectivity index (χ2v) is 28.1. The Bertz CT molecular complexity index is 2290. The number of allylic oxidation sites excluding steroid dienone is 18. The quantitative estimate of drug-likeness (QED) is 0.0169. The summed E-state index contributed by atoms with van der Waals surface area (Å²) in [5, 5.41) is 10.6. The Kier molecular flexibility index (Phi) is 68.0. The van der Waals surface area contributed by atoms with Crippen molar-refractivity contribution in [3.8, 4) is 0 Å². The minimum atomic E-state index is -4.98. The maximum Gasteiger partial charge on any atom is 0.472 e. The summed E-state index contributed by atoms with van der Waals surface area (Å²) in [6.45, 7) is 4.60. The Morgan fingerprint density at radius 3 is 0.857 bits per heavy atom. The van der Waals surface area contributed by atoms with Crippen LogP contribution in [0.1, 0.15) is 310 Å². The average molecular weight is 1420 g/mol. The van der Waals surface area contributed by atoms with Crippen molar-refractivity contribution in [3.05, 3.63) is 109 Å². The Morgan fingerprint density at radius 1 is 0.296 bits per heavy atom. The van der Waals surface area contributed by atoms with Gasteiger partial charge in [0.25, 0.3) is 0 Å². The summed E-state index contributed by atoms with van der Waals surface area (Å²) in [7, 11) is -9.96. The van der Waals surface area contributed by atoms with E-state index < -0.39 is 97.5 Å². The predicted octanol–water partition coefficient (Wildman–Crippen LogP) is 21.8. The van der Waals surface area contributed by atoms with Crippen LogP contribution in [0, 0.1) is 0 Å². The minimum Gasteiger partial charge on any atom is -0.462 e. The number of hydrogen-bond donors (Lipinski definition) is 3. The molecule has 564 valence electrons. The number of unbranched alkanes of at least 4 members (excludes halogenated alkanes) is 27. The van der Waals surface area contributed by atoms with E-state index in [1.54, 1.807) is 0 Å². The van der Waals surface area contributed by atoms with Gasteiger partial charge in [0.05, 0.1) is 26.4 Å². The van der Waals surface area contributed by atoms with E-state index in [-0.39, 0.29) is 25.7 Å². The zero-order chi connectivity index (χ0) is 71.8. The van der Waals surface area contributed by atoms with Gasteiger partial charge in [-0.2, -0.15) is 0 Å². The van der Waals surface area contributed by atoms with E-state index >= 15 is 0 Å². The highest BCUT2D eigenvalue weighted by Crippen LogP contribution is 2.45. The zero-order valence-electron chi connectivity index (χ0n) is 61.4. The number of rotatable bonds is 71. The molecule has 17 nitrogen and oxygen atoms in total. The van der Waals surface area contributed by atoms with E-state index in [4.69, 9.17) is 37.0 Å². The predicted molar refractivity (Wildman–Crippen MR) is 399 cm³/mol. The third-order valence-electron chi connectivity index (χ3n) is 15.7. The Hall–Kier alpha value is -4.28. The van der Waals surface area contributed by atoms with Gasteiger partial charge in [-0.05, 0) is 148 Å². The highest BCUT2D eigenvalue weighted by atomic mass is 31.2. The smallest absolute Gasteiger partial charge is 0.462 e. The highest BCUT2D eigenvalue weighted by molar-refractivity contribution is 7.47. The van der Waals surface area contributed by atoms with Gasteiger partial charge in [-0.3, -0.25) is 37.3 Å². The van der Waals surface area contributed by atoms with Crippen molar-refractivity contribution in [2.45, 2.75) is 329 Å². The van der Waals surface area contributed by atoms with E-state index in [2.05, 4.69) is 137 Å². The average Bonchev–Trinajstić information content (AvgIpc) is 0.986. The fraction of sp³-hybridized carbons (Fsp3) is 0.722. The number of esters is 4. The maximum absolute atomic E-state index is 13.1. The van der Waals surface area contributed by atoms with Crippen molar-refractivity contribution >= 4 is 39.5 Å². The number of aliphatic hydroxyl groups excluding tert-OH is 1. The summed E-state index contributed by atoms with van der Waals surface area (Å²) in [5.74, 6) is -2.24. The highest BCUT2D eigenvalue weighted by Gasteiger charge is 2.30. The lowest BCUT2D eigenvalue weighted by atomic mass is 10.1. The van der Waals surface area contributed by atoms with Crippen molar-refractivity contribution in [1.29, 1.82) is 0 Å². The number of phosphoric acid groups is 2. The zero-order valence-corrected chi connectivity index (χ0v) is 63.2. The van der Waals surface area contributed by atoms with Crippen LogP contribution in [0.15, 0.2) is 109 Å². The molecule has 0 saturated heterocycles. The second kappa shape index (κ2) is 71.1. The van der Waals surface area contributed by atoms with Crippen LogP contribution in [-0.4, -0.2) is 96.7 Å². The summed E-state index contributed by atoms with van der Waals surface area (Å²) in [5.41, 5.74) is 0. The van der Waals surface area contributed by atoms with Crippen molar-refractivity contribution in [2.75, 3.05) is 39.6 Å². The molecule has 0 spiro atoms. The first kappa shape index (κ1) is 93.7. The molecule has 0 aromatic rings. The molecule has 3 N–H and O–H groups in total. The number of ether oxygens (including phenoxy) is 4. The largest absolute Gasteiger partial charge is 0.472 e. The number of carbonyl (C=O) groups is 4. The van der Waals surface area contributed by atoms with Crippen LogP contribution in [0.3, 0.4) is 0 Å². The van der Waals surface area contributed by atoms with Crippen LogP contribution in [0.2, 0.25) is 0 Å². The molecular formula is C79H136O17P2. The topological polar surface area (TPSA) is 237 Å². The van der Waals surface area contributed by atoms with Gasteiger partial charge in [0.1, 0.15) is 19.3 Å². The molecule has 98 heavy (non-hydrogen) atoms. The van der Waals surface area contributed by atoms with E-state index in [0.717, 1.165) is 180 Å². The van der Waals surface area contributed by atoms with Gasteiger partial charge in [-0.25, -0.2) is 9.13 Å². The van der Waals surface area contributed by atoms with E-state index in [0.29, 0.717) is 25.7 Å². The molecule has 0 aliphatic heterocycles. The van der Waals surface area contributed by atoms with Gasteiger partial charge >= 0.3 is 39.5 Å². The van der Waals surface area contributed by atoms with Crippen LogP contribution in [0.5, 0.6) is 0 Å². The molecule has 0 aromatic carbocycles. The Balaban J connectivity index is 5.37. The third kappa shape index (κ3) is 70.2. The molecule has 5 unspecified atom stereocenters. The summed E-state index contributed by atoms with van der Waals surface area (Å²) in [6, 6.07) is 0. The van der Waals surface area contributed by atoms with Gasteiger partial charge in [0.15, 0.2) is 12.2 Å². The van der Waals surface area contributed by atoms with Crippen LogP contribution >= 0.6 is 15.6 Å². The fourth-order valence-electron chi connectivity index (χ4n) is 9.84. The van der Waals surface area contributed by atoms with Gasteiger partial charge in [0.2, 0.25) is 0 Å². The first-order chi connectivity index (χ1) is 47.7. The van der Waals surface area contributed by atoms with Crippen molar-refractivity contribution in [3.63, 3.8) is 0 Å². The molecule has 0 amide bonds. The lowest BCUT2D eigenvalue weighted by Crippen LogP contribution is -2.30. The van der Waals surface area contributed by atoms with E-state index in [9.17, 15) is 43.2 Å². The Labute approximate surface area is 594 Å². The molecule has 0 saturated carbocycles. The number of aliphatic hydroxyl groups is 1. The maximum atomic E-state index is 13.1. The molecule has 0 fully saturated rings. The molecule has 5 atom stereocenters. The normalized spacial score (nSPS) is 14.6. The standard InChI is InChI=1S/C79H136O17P2/c1-5-9-13-17-21-25-29-32-35-36-39-41-45-48-52-56-60-64-77(82)90-70-75(96-79(84)66-62-58-54-50-46-42-38-34-31-27-23-19-15-11-7-3)72-94-98(87,88)92-68-73(80)67-91-97(85,86)93-71-74(95-78(83)65-61-57-53-49-43-28-24-20-16-12-8-4)69-89-76(81)63-59-55-51-47-44-40-37-33-30-26-22-18-14-10-6-2/h9,13,20-27,32-35,37-39,41,73-75,80H,5-8,10-12,14-19,28-31,36,40,42-72H2,1-4H3,(H,85,86)(H,87,88)/b13-9-,24-20-,25-21-,26-22-,27-23-,35-32-,37-33-,38-34-,41-39-. The molecule has 19 heteroatoms. The summed E-state index contributed by atoms with van der Waals surface area (Å²) >= 11 is 0. The summed E-state index contributed by atoms with van der Waals surface area (Å²) in [4.78, 5) is 72.8. The van der Waals surface area contributed by atoms with Crippen molar-refractivity contribution in [2.24, 2.45) is 0 Å². The summed E-state index contributed by atoms with van der Waals surface area (Å²) in [6.07, 6.45) is 75.1. The lowest BCUT2D eigenvalue weighted by Gasteiger charge is -2.21. The van der Waals surface area contributed by atoms with Crippen LogP contribution in [0.25, 0.3) is 0 Å². The summed E-state index contributed by atoms with van der Waals surface area (Å²) < 4.78 is 68.4. The monoisotopic (exact) mass is 1420 g/mol. The van der Waals surface area contributed by atoms with E-state index in [1.165, 1.54) is 51.4 Å². The molecule has 0 aliphatic carbocycles. The van der Waals surface area contributed by atoms with Crippen LogP contribution < -0.4 is 0 Å². The number of carbonyl (C=O) groups excluding carboxylic acids is 4. The third-order valence-corrected chi connectivity index (χ3v) is 17.6. The first-order valence-electron chi connectivity index (χ1n) is 38.1. The number of phosphoric ester groups is 2. The van der Waals surface area contributed by atoms with Crippen molar-refractivity contribution < 1.29 is 80.2 Å². The molecule has 0 radical (unpaired) electrons. The van der Waals surface area contributed by atoms with Gasteiger partial charge in [-0.15, -0.1) is 0 Å². The fourth-order valence-corrected chi connectivity index (χ4v) is 11.4. The van der Waals surface area contributed by atoms with Crippen molar-refractivity contribution in [1.82, 2.24) is 0 Å². The van der Waals surface area contributed by atoms with Gasteiger partial charge in [-0.1, -0.05) is 246 Å². The Morgan fingerprint density at radius 2 is 0.541 bits per heavy atom. The second-order valence-electron chi connectivity index (χ2n) is 25.2. The SMILES string of the molecule is CC/C=C\C/C=C\C/C=C\C/C=C\CCCCCCC(=O)OCC(COP(=O)(O)OCC(O)COP(=O)(O)OCC(COC(=O)CCCCCCC/C=C\C/C=C\CCCCC)OC(=O)CCCCCCC/C=C\CCCC)OC(=O)CCCCCCC/C=C\C/C=C\CCCCC.